The molecule has 0 aliphatic carbocycles. The average Bonchev–Trinajstić information content (AvgIpc) is 2.59. The first-order valence-corrected chi connectivity index (χ1v) is 4.75. The van der Waals surface area contributed by atoms with E-state index in [1.54, 1.807) is 6.20 Å². The molecular weight excluding hydrogens is 188 g/mol. The van der Waals surface area contributed by atoms with Crippen molar-refractivity contribution in [3.8, 4) is 0 Å². The lowest BCUT2D eigenvalue weighted by atomic mass is 10.1. The Balaban J connectivity index is 2.62. The minimum absolute atomic E-state index is 0.445. The number of H-pyrrole nitrogens is 1. The largest absolute Gasteiger partial charge is 0.369 e. The number of anilines is 1. The predicted molar refractivity (Wildman–Crippen MR) is 60.5 cm³/mol. The summed E-state index contributed by atoms with van der Waals surface area (Å²) in [6.07, 6.45) is 1.79. The first kappa shape index (κ1) is 8.23. The highest BCUT2D eigenvalue weighted by Crippen LogP contribution is 2.25. The molecule has 3 N–H and O–H groups in total. The van der Waals surface area contributed by atoms with Crippen molar-refractivity contribution in [2.24, 2.45) is 0 Å². The smallest absolute Gasteiger partial charge is 0.198 e. The predicted octanol–water partition coefficient (Wildman–Crippen LogP) is 2.00. The monoisotopic (exact) mass is 198 g/mol. The summed E-state index contributed by atoms with van der Waals surface area (Å²) < 4.78 is 0. The van der Waals surface area contributed by atoms with Crippen LogP contribution in [0.15, 0.2) is 24.4 Å². The van der Waals surface area contributed by atoms with Gasteiger partial charge in [-0.05, 0) is 30.7 Å². The van der Waals surface area contributed by atoms with Gasteiger partial charge in [-0.15, -0.1) is 0 Å². The maximum atomic E-state index is 5.64. The van der Waals surface area contributed by atoms with E-state index in [9.17, 15) is 0 Å². The van der Waals surface area contributed by atoms with Gasteiger partial charge in [0, 0.05) is 11.6 Å². The normalized spacial score (nSPS) is 11.3. The van der Waals surface area contributed by atoms with E-state index < -0.39 is 0 Å². The maximum absolute atomic E-state index is 5.64. The molecule has 0 spiro atoms. The number of benzene rings is 1. The summed E-state index contributed by atoms with van der Waals surface area (Å²) >= 11 is 0. The average molecular weight is 198 g/mol. The number of hydrogen-bond donors (Lipinski definition) is 2. The van der Waals surface area contributed by atoms with Gasteiger partial charge in [-0.25, -0.2) is 4.98 Å². The summed E-state index contributed by atoms with van der Waals surface area (Å²) in [5, 5.41) is 1.04. The Bertz CT molecular complexity index is 654. The molecule has 0 fully saturated rings. The fraction of sp³-hybridized carbons (Fsp3) is 0.0909. The summed E-state index contributed by atoms with van der Waals surface area (Å²) in [6, 6.07) is 5.94. The number of nitrogens with one attached hydrogen (secondary N) is 1. The third kappa shape index (κ3) is 1.08. The van der Waals surface area contributed by atoms with Crippen LogP contribution < -0.4 is 5.73 Å². The summed E-state index contributed by atoms with van der Waals surface area (Å²) in [4.78, 5) is 11.6. The van der Waals surface area contributed by atoms with Crippen LogP contribution in [0.1, 0.15) is 5.56 Å². The van der Waals surface area contributed by atoms with Gasteiger partial charge in [-0.1, -0.05) is 0 Å². The maximum Gasteiger partial charge on any atom is 0.198 e. The first-order chi connectivity index (χ1) is 7.25. The minimum Gasteiger partial charge on any atom is -0.369 e. The Hall–Kier alpha value is -2.10. The van der Waals surface area contributed by atoms with Crippen molar-refractivity contribution in [2.45, 2.75) is 6.92 Å². The Kier molecular flexibility index (Phi) is 1.48. The van der Waals surface area contributed by atoms with Gasteiger partial charge < -0.3 is 10.7 Å². The van der Waals surface area contributed by atoms with E-state index in [1.165, 1.54) is 0 Å². The molecule has 3 aromatic rings. The second-order valence-corrected chi connectivity index (χ2v) is 3.61. The zero-order chi connectivity index (χ0) is 10.4. The molecular formula is C11H10N4. The molecule has 0 bridgehead atoms. The van der Waals surface area contributed by atoms with Gasteiger partial charge in [-0.2, -0.15) is 0 Å². The first-order valence-electron chi connectivity index (χ1n) is 4.75. The Morgan fingerprint density at radius 2 is 2.20 bits per heavy atom. The molecule has 2 heterocycles. The molecule has 3 rings (SSSR count). The number of aryl methyl sites for hydroxylation is 1. The van der Waals surface area contributed by atoms with Gasteiger partial charge in [0.15, 0.2) is 5.95 Å². The molecule has 4 heteroatoms. The van der Waals surface area contributed by atoms with E-state index in [4.69, 9.17) is 5.73 Å². The van der Waals surface area contributed by atoms with Gasteiger partial charge in [-0.3, -0.25) is 4.98 Å². The minimum atomic E-state index is 0.445. The highest BCUT2D eigenvalue weighted by molar-refractivity contribution is 6.04. The van der Waals surface area contributed by atoms with Gasteiger partial charge in [0.05, 0.1) is 16.6 Å². The van der Waals surface area contributed by atoms with Gasteiger partial charge in [0.1, 0.15) is 0 Å². The van der Waals surface area contributed by atoms with Crippen LogP contribution in [0.3, 0.4) is 0 Å². The summed E-state index contributed by atoms with van der Waals surface area (Å²) in [5.74, 6) is 0.445. The van der Waals surface area contributed by atoms with Crippen LogP contribution in [0.4, 0.5) is 5.95 Å². The number of pyridine rings is 1. The third-order valence-corrected chi connectivity index (χ3v) is 2.55. The molecule has 0 aliphatic heterocycles. The number of aromatic amines is 1. The summed E-state index contributed by atoms with van der Waals surface area (Å²) in [5.41, 5.74) is 9.61. The molecule has 0 radical (unpaired) electrons. The van der Waals surface area contributed by atoms with E-state index >= 15 is 0 Å². The molecule has 0 unspecified atom stereocenters. The van der Waals surface area contributed by atoms with Gasteiger partial charge in [0.25, 0.3) is 0 Å². The fourth-order valence-electron chi connectivity index (χ4n) is 1.91. The van der Waals surface area contributed by atoms with E-state index in [0.717, 1.165) is 27.5 Å². The number of nitrogens with zero attached hydrogens (tertiary/aromatic N) is 2. The molecule has 0 aliphatic rings. The molecule has 74 valence electrons. The molecule has 0 amide bonds. The van der Waals surface area contributed by atoms with E-state index in [2.05, 4.69) is 15.0 Å². The number of aromatic nitrogens is 3. The van der Waals surface area contributed by atoms with E-state index in [0.29, 0.717) is 5.95 Å². The second-order valence-electron chi connectivity index (χ2n) is 3.61. The highest BCUT2D eigenvalue weighted by atomic mass is 15.0. The van der Waals surface area contributed by atoms with Gasteiger partial charge in [0.2, 0.25) is 0 Å². The van der Waals surface area contributed by atoms with Crippen molar-refractivity contribution in [1.29, 1.82) is 0 Å². The van der Waals surface area contributed by atoms with Crippen molar-refractivity contribution in [1.82, 2.24) is 15.0 Å². The van der Waals surface area contributed by atoms with Crippen LogP contribution in [0.2, 0.25) is 0 Å². The zero-order valence-corrected chi connectivity index (χ0v) is 8.28. The molecule has 0 saturated carbocycles. The SMILES string of the molecule is Cc1cc2[nH]c(N)nc2c2cccnc12. The molecule has 2 aromatic heterocycles. The van der Waals surface area contributed by atoms with Crippen molar-refractivity contribution >= 4 is 27.9 Å². The number of hydrogen-bond acceptors (Lipinski definition) is 3. The topological polar surface area (TPSA) is 67.6 Å². The molecule has 4 nitrogen and oxygen atoms in total. The van der Waals surface area contributed by atoms with Crippen molar-refractivity contribution in [3.05, 3.63) is 30.0 Å². The molecule has 1 aromatic carbocycles. The van der Waals surface area contributed by atoms with Crippen LogP contribution in [0.25, 0.3) is 21.9 Å². The zero-order valence-electron chi connectivity index (χ0n) is 8.28. The lowest BCUT2D eigenvalue weighted by Crippen LogP contribution is -1.84. The van der Waals surface area contributed by atoms with Crippen LogP contribution in [-0.2, 0) is 0 Å². The van der Waals surface area contributed by atoms with Crippen molar-refractivity contribution in [2.75, 3.05) is 5.73 Å². The van der Waals surface area contributed by atoms with Gasteiger partial charge >= 0.3 is 0 Å². The fourth-order valence-corrected chi connectivity index (χ4v) is 1.91. The van der Waals surface area contributed by atoms with Crippen LogP contribution in [0, 0.1) is 6.92 Å². The number of nitrogen functional groups attached to an aromatic ring is 1. The molecule has 15 heavy (non-hydrogen) atoms. The van der Waals surface area contributed by atoms with Crippen LogP contribution in [-0.4, -0.2) is 15.0 Å². The number of nitrogens with two attached hydrogens (primary N) is 1. The van der Waals surface area contributed by atoms with E-state index in [1.807, 2.05) is 25.1 Å². The summed E-state index contributed by atoms with van der Waals surface area (Å²) in [6.45, 7) is 2.03. The van der Waals surface area contributed by atoms with Crippen LogP contribution >= 0.6 is 0 Å². The van der Waals surface area contributed by atoms with E-state index in [-0.39, 0.29) is 0 Å². The van der Waals surface area contributed by atoms with Crippen molar-refractivity contribution < 1.29 is 0 Å². The highest BCUT2D eigenvalue weighted by Gasteiger charge is 2.07. The quantitative estimate of drug-likeness (QED) is 0.580. The Morgan fingerprint density at radius 3 is 3.07 bits per heavy atom. The lowest BCUT2D eigenvalue weighted by molar-refractivity contribution is 1.35. The summed E-state index contributed by atoms with van der Waals surface area (Å²) in [7, 11) is 0. The third-order valence-electron chi connectivity index (χ3n) is 2.55. The van der Waals surface area contributed by atoms with Crippen molar-refractivity contribution in [3.63, 3.8) is 0 Å². The number of imidazole rings is 1. The van der Waals surface area contributed by atoms with Crippen LogP contribution in [0.5, 0.6) is 0 Å². The second kappa shape index (κ2) is 2.70. The number of rotatable bonds is 0. The lowest BCUT2D eigenvalue weighted by Gasteiger charge is -2.00. The molecule has 0 atom stereocenters. The standard InChI is InChI=1S/C11H10N4/c1-6-5-8-10(15-11(12)14-8)7-3-2-4-13-9(6)7/h2-5H,1H3,(H3,12,14,15). The Morgan fingerprint density at radius 1 is 1.33 bits per heavy atom. The molecule has 0 saturated heterocycles. The number of fused-ring (bicyclic) bond motifs is 3. The Labute approximate surface area is 86.1 Å².